The van der Waals surface area contributed by atoms with E-state index < -0.39 is 5.97 Å². The standard InChI is InChI=1S/C37H26O5/c1-40-31-21-23-34-32(24-31)35(36(42-34)29-10-6-3-7-11-29)37(39)41-30-19-12-25(13-20-30)14-22-33(38)28-17-15-27(16-18-28)26-8-4-2-5-9-26/h2-24H,1H3. The average Bonchev–Trinajstić information content (AvgIpc) is 3.44. The lowest BCUT2D eigenvalue weighted by Crippen LogP contribution is -2.09. The van der Waals surface area contributed by atoms with Crippen LogP contribution in [0, 0.1) is 0 Å². The van der Waals surface area contributed by atoms with Crippen molar-refractivity contribution < 1.29 is 23.5 Å². The summed E-state index contributed by atoms with van der Waals surface area (Å²) >= 11 is 0. The van der Waals surface area contributed by atoms with Crippen molar-refractivity contribution in [1.82, 2.24) is 0 Å². The van der Waals surface area contributed by atoms with Crippen molar-refractivity contribution in [3.05, 3.63) is 150 Å². The molecule has 0 amide bonds. The van der Waals surface area contributed by atoms with Crippen LogP contribution in [0.4, 0.5) is 0 Å². The summed E-state index contributed by atoms with van der Waals surface area (Å²) in [6.07, 6.45) is 3.28. The molecule has 0 aliphatic heterocycles. The SMILES string of the molecule is COc1ccc2oc(-c3ccccc3)c(C(=O)Oc3ccc(C=CC(=O)c4ccc(-c5ccccc5)cc4)cc3)c2c1. The van der Waals surface area contributed by atoms with Crippen molar-refractivity contribution in [2.75, 3.05) is 7.11 Å². The highest BCUT2D eigenvalue weighted by Crippen LogP contribution is 2.36. The van der Waals surface area contributed by atoms with Crippen molar-refractivity contribution in [2.24, 2.45) is 0 Å². The number of hydrogen-bond donors (Lipinski definition) is 0. The highest BCUT2D eigenvalue weighted by Gasteiger charge is 2.24. The molecule has 5 nitrogen and oxygen atoms in total. The number of methoxy groups -OCH3 is 1. The highest BCUT2D eigenvalue weighted by molar-refractivity contribution is 6.10. The molecule has 0 saturated heterocycles. The van der Waals surface area contributed by atoms with Gasteiger partial charge in [-0.25, -0.2) is 4.79 Å². The molecule has 0 unspecified atom stereocenters. The molecule has 0 spiro atoms. The monoisotopic (exact) mass is 550 g/mol. The first kappa shape index (κ1) is 26.5. The van der Waals surface area contributed by atoms with Gasteiger partial charge in [-0.1, -0.05) is 103 Å². The minimum atomic E-state index is -0.543. The number of allylic oxidation sites excluding steroid dienone is 1. The summed E-state index contributed by atoms with van der Waals surface area (Å²) in [4.78, 5) is 26.2. The minimum Gasteiger partial charge on any atom is -0.497 e. The molecule has 0 aliphatic carbocycles. The fourth-order valence-corrected chi connectivity index (χ4v) is 4.73. The van der Waals surface area contributed by atoms with E-state index >= 15 is 0 Å². The van der Waals surface area contributed by atoms with Gasteiger partial charge in [0.25, 0.3) is 0 Å². The molecule has 5 heteroatoms. The molecule has 0 fully saturated rings. The van der Waals surface area contributed by atoms with E-state index in [1.807, 2.05) is 84.9 Å². The molecule has 6 aromatic rings. The van der Waals surface area contributed by atoms with Crippen LogP contribution >= 0.6 is 0 Å². The Morgan fingerprint density at radius 1 is 0.667 bits per heavy atom. The Kier molecular flexibility index (Phi) is 7.47. The van der Waals surface area contributed by atoms with E-state index in [9.17, 15) is 9.59 Å². The molecule has 0 N–H and O–H groups in total. The first-order valence-corrected chi connectivity index (χ1v) is 13.4. The Balaban J connectivity index is 1.18. The van der Waals surface area contributed by atoms with E-state index in [-0.39, 0.29) is 5.78 Å². The van der Waals surface area contributed by atoms with Crippen molar-refractivity contribution in [1.29, 1.82) is 0 Å². The maximum absolute atomic E-state index is 13.5. The first-order valence-electron chi connectivity index (χ1n) is 13.4. The molecule has 42 heavy (non-hydrogen) atoms. The lowest BCUT2D eigenvalue weighted by atomic mass is 10.0. The van der Waals surface area contributed by atoms with Gasteiger partial charge in [-0.05, 0) is 53.1 Å². The van der Waals surface area contributed by atoms with Crippen LogP contribution in [0.1, 0.15) is 26.3 Å². The summed E-state index contributed by atoms with van der Waals surface area (Å²) in [5, 5.41) is 0.605. The van der Waals surface area contributed by atoms with Crippen LogP contribution in [-0.4, -0.2) is 18.9 Å². The summed E-state index contributed by atoms with van der Waals surface area (Å²) in [5.74, 6) is 0.767. The summed E-state index contributed by atoms with van der Waals surface area (Å²) < 4.78 is 17.2. The Labute approximate surface area is 243 Å². The molecular weight excluding hydrogens is 524 g/mol. The Morgan fingerprint density at radius 3 is 1.95 bits per heavy atom. The Bertz CT molecular complexity index is 1880. The second-order valence-corrected chi connectivity index (χ2v) is 9.63. The van der Waals surface area contributed by atoms with Gasteiger partial charge in [0.2, 0.25) is 0 Å². The van der Waals surface area contributed by atoms with Gasteiger partial charge in [0.15, 0.2) is 5.78 Å². The molecule has 0 saturated carbocycles. The van der Waals surface area contributed by atoms with Crippen molar-refractivity contribution in [3.8, 4) is 33.9 Å². The smallest absolute Gasteiger partial charge is 0.348 e. The fraction of sp³-hybridized carbons (Fsp3) is 0.0270. The number of furan rings is 1. The number of benzene rings is 5. The number of carbonyl (C=O) groups excluding carboxylic acids is 2. The van der Waals surface area contributed by atoms with Crippen LogP contribution in [0.3, 0.4) is 0 Å². The molecule has 0 atom stereocenters. The maximum atomic E-state index is 13.5. The minimum absolute atomic E-state index is 0.0965. The molecule has 1 aromatic heterocycles. The predicted molar refractivity (Wildman–Crippen MR) is 165 cm³/mol. The molecule has 0 radical (unpaired) electrons. The number of rotatable bonds is 8. The fourth-order valence-electron chi connectivity index (χ4n) is 4.73. The number of ether oxygens (including phenoxy) is 2. The van der Waals surface area contributed by atoms with Gasteiger partial charge in [0, 0.05) is 16.5 Å². The summed E-state index contributed by atoms with van der Waals surface area (Å²) in [6.45, 7) is 0. The van der Waals surface area contributed by atoms with Gasteiger partial charge in [0.05, 0.1) is 7.11 Å². The molecule has 1 heterocycles. The first-order chi connectivity index (χ1) is 20.6. The third-order valence-corrected chi connectivity index (χ3v) is 6.93. The summed E-state index contributed by atoms with van der Waals surface area (Å²) in [6, 6.07) is 39.3. The molecule has 6 rings (SSSR count). The third kappa shape index (κ3) is 5.62. The van der Waals surface area contributed by atoms with E-state index in [2.05, 4.69) is 0 Å². The van der Waals surface area contributed by atoms with Crippen LogP contribution in [0.5, 0.6) is 11.5 Å². The van der Waals surface area contributed by atoms with Crippen LogP contribution in [-0.2, 0) is 0 Å². The largest absolute Gasteiger partial charge is 0.497 e. The van der Waals surface area contributed by atoms with E-state index in [1.54, 1.807) is 55.7 Å². The molecular formula is C37H26O5. The molecule has 204 valence electrons. The number of hydrogen-bond acceptors (Lipinski definition) is 5. The second-order valence-electron chi connectivity index (χ2n) is 9.63. The summed E-state index contributed by atoms with van der Waals surface area (Å²) in [7, 11) is 1.57. The van der Waals surface area contributed by atoms with E-state index in [4.69, 9.17) is 13.9 Å². The van der Waals surface area contributed by atoms with Gasteiger partial charge in [-0.15, -0.1) is 0 Å². The summed E-state index contributed by atoms with van der Waals surface area (Å²) in [5.41, 5.74) is 5.20. The van der Waals surface area contributed by atoms with E-state index in [0.717, 1.165) is 22.3 Å². The zero-order valence-corrected chi connectivity index (χ0v) is 22.8. The zero-order valence-electron chi connectivity index (χ0n) is 22.8. The van der Waals surface area contributed by atoms with Crippen LogP contribution in [0.15, 0.2) is 138 Å². The van der Waals surface area contributed by atoms with Gasteiger partial charge >= 0.3 is 5.97 Å². The zero-order chi connectivity index (χ0) is 28.9. The molecule has 0 aliphatic rings. The van der Waals surface area contributed by atoms with E-state index in [0.29, 0.717) is 39.4 Å². The van der Waals surface area contributed by atoms with Crippen LogP contribution in [0.2, 0.25) is 0 Å². The second kappa shape index (κ2) is 11.8. The normalized spacial score (nSPS) is 11.1. The van der Waals surface area contributed by atoms with Crippen molar-refractivity contribution in [3.63, 3.8) is 0 Å². The third-order valence-electron chi connectivity index (χ3n) is 6.93. The van der Waals surface area contributed by atoms with Gasteiger partial charge in [-0.2, -0.15) is 0 Å². The lowest BCUT2D eigenvalue weighted by molar-refractivity contribution is 0.0736. The topological polar surface area (TPSA) is 65.7 Å². The predicted octanol–water partition coefficient (Wildman–Crippen LogP) is 8.89. The van der Waals surface area contributed by atoms with Crippen molar-refractivity contribution in [2.45, 2.75) is 0 Å². The van der Waals surface area contributed by atoms with Crippen LogP contribution in [0.25, 0.3) is 39.5 Å². The number of ketones is 1. The average molecular weight is 551 g/mol. The Morgan fingerprint density at radius 2 is 1.29 bits per heavy atom. The van der Waals surface area contributed by atoms with Gasteiger partial charge in [0.1, 0.15) is 28.4 Å². The van der Waals surface area contributed by atoms with Crippen LogP contribution < -0.4 is 9.47 Å². The Hall–Kier alpha value is -5.68. The molecule has 5 aromatic carbocycles. The quantitative estimate of drug-likeness (QED) is 0.0819. The van der Waals surface area contributed by atoms with Gasteiger partial charge < -0.3 is 13.9 Å². The molecule has 0 bridgehead atoms. The number of carbonyl (C=O) groups is 2. The highest BCUT2D eigenvalue weighted by atomic mass is 16.5. The lowest BCUT2D eigenvalue weighted by Gasteiger charge is -2.06. The van der Waals surface area contributed by atoms with Gasteiger partial charge in [-0.3, -0.25) is 4.79 Å². The van der Waals surface area contributed by atoms with Crippen molar-refractivity contribution >= 4 is 28.8 Å². The number of esters is 1. The maximum Gasteiger partial charge on any atom is 0.348 e. The number of fused-ring (bicyclic) bond motifs is 1. The van der Waals surface area contributed by atoms with E-state index in [1.165, 1.54) is 6.08 Å².